The standard InChI is InChI=1S/C15H21FN2OS/c1-11(10-20-14-4-2-13(16)3-5-14)15(19)18-7-6-12(8-17)9-18/h2-5,11-12H,6-10,17H2,1H3. The predicted octanol–water partition coefficient (Wildman–Crippen LogP) is 2.36. The maximum Gasteiger partial charge on any atom is 0.226 e. The molecule has 20 heavy (non-hydrogen) atoms. The van der Waals surface area contributed by atoms with E-state index in [-0.39, 0.29) is 17.6 Å². The van der Waals surface area contributed by atoms with Gasteiger partial charge in [0.25, 0.3) is 0 Å². The van der Waals surface area contributed by atoms with Crippen LogP contribution in [0, 0.1) is 17.7 Å². The third-order valence-electron chi connectivity index (χ3n) is 3.67. The van der Waals surface area contributed by atoms with Crippen molar-refractivity contribution < 1.29 is 9.18 Å². The normalized spacial score (nSPS) is 20.1. The zero-order valence-corrected chi connectivity index (χ0v) is 12.5. The summed E-state index contributed by atoms with van der Waals surface area (Å²) in [6, 6.07) is 6.39. The number of benzene rings is 1. The number of carbonyl (C=O) groups is 1. The Morgan fingerprint density at radius 2 is 2.20 bits per heavy atom. The summed E-state index contributed by atoms with van der Waals surface area (Å²) in [4.78, 5) is 15.2. The highest BCUT2D eigenvalue weighted by Gasteiger charge is 2.28. The largest absolute Gasteiger partial charge is 0.342 e. The van der Waals surface area contributed by atoms with Crippen LogP contribution in [0.25, 0.3) is 0 Å². The molecule has 1 saturated heterocycles. The average Bonchev–Trinajstić information content (AvgIpc) is 2.94. The number of halogens is 1. The lowest BCUT2D eigenvalue weighted by Gasteiger charge is -2.20. The Bertz CT molecular complexity index is 452. The molecule has 3 nitrogen and oxygen atoms in total. The third kappa shape index (κ3) is 3.96. The van der Waals surface area contributed by atoms with Gasteiger partial charge in [0.05, 0.1) is 0 Å². The molecule has 0 spiro atoms. The Balaban J connectivity index is 1.81. The van der Waals surface area contributed by atoms with Crippen molar-refractivity contribution in [3.05, 3.63) is 30.1 Å². The van der Waals surface area contributed by atoms with Crippen molar-refractivity contribution in [3.63, 3.8) is 0 Å². The molecular weight excluding hydrogens is 275 g/mol. The van der Waals surface area contributed by atoms with Crippen LogP contribution in [-0.4, -0.2) is 36.2 Å². The minimum Gasteiger partial charge on any atom is -0.342 e. The molecule has 1 heterocycles. The molecule has 0 aromatic heterocycles. The molecule has 1 fully saturated rings. The molecule has 0 saturated carbocycles. The van der Waals surface area contributed by atoms with Gasteiger partial charge in [-0.2, -0.15) is 0 Å². The number of nitrogens with two attached hydrogens (primary N) is 1. The number of hydrogen-bond donors (Lipinski definition) is 1. The second-order valence-corrected chi connectivity index (χ2v) is 6.43. The van der Waals surface area contributed by atoms with E-state index in [1.54, 1.807) is 23.9 Å². The summed E-state index contributed by atoms with van der Waals surface area (Å²) < 4.78 is 12.8. The van der Waals surface area contributed by atoms with Gasteiger partial charge in [-0.25, -0.2) is 4.39 Å². The van der Waals surface area contributed by atoms with E-state index >= 15 is 0 Å². The van der Waals surface area contributed by atoms with E-state index in [0.29, 0.717) is 18.2 Å². The average molecular weight is 296 g/mol. The maximum atomic E-state index is 12.8. The van der Waals surface area contributed by atoms with Gasteiger partial charge in [-0.3, -0.25) is 4.79 Å². The first-order valence-corrected chi connectivity index (χ1v) is 7.96. The van der Waals surface area contributed by atoms with Gasteiger partial charge < -0.3 is 10.6 Å². The summed E-state index contributed by atoms with van der Waals surface area (Å²) in [7, 11) is 0. The molecule has 2 N–H and O–H groups in total. The van der Waals surface area contributed by atoms with E-state index in [1.165, 1.54) is 12.1 Å². The van der Waals surface area contributed by atoms with Crippen LogP contribution in [-0.2, 0) is 4.79 Å². The lowest BCUT2D eigenvalue weighted by atomic mass is 10.1. The molecule has 0 aliphatic carbocycles. The minimum absolute atomic E-state index is 0.0263. The van der Waals surface area contributed by atoms with E-state index in [9.17, 15) is 9.18 Å². The number of thioether (sulfide) groups is 1. The van der Waals surface area contributed by atoms with Gasteiger partial charge in [-0.1, -0.05) is 6.92 Å². The highest BCUT2D eigenvalue weighted by molar-refractivity contribution is 7.99. The Hall–Kier alpha value is -1.07. The first-order chi connectivity index (χ1) is 9.60. The number of likely N-dealkylation sites (tertiary alicyclic amines) is 1. The Morgan fingerprint density at radius 3 is 2.80 bits per heavy atom. The van der Waals surface area contributed by atoms with Gasteiger partial charge in [0, 0.05) is 29.7 Å². The number of nitrogens with zero attached hydrogens (tertiary/aromatic N) is 1. The fraction of sp³-hybridized carbons (Fsp3) is 0.533. The predicted molar refractivity (Wildman–Crippen MR) is 80.0 cm³/mol. The van der Waals surface area contributed by atoms with Crippen molar-refractivity contribution in [1.82, 2.24) is 4.90 Å². The summed E-state index contributed by atoms with van der Waals surface area (Å²) in [5, 5.41) is 0. The van der Waals surface area contributed by atoms with Crippen molar-refractivity contribution in [2.45, 2.75) is 18.2 Å². The third-order valence-corrected chi connectivity index (χ3v) is 4.94. The highest BCUT2D eigenvalue weighted by Crippen LogP contribution is 2.23. The zero-order valence-electron chi connectivity index (χ0n) is 11.7. The van der Waals surface area contributed by atoms with Gasteiger partial charge in [0.1, 0.15) is 5.82 Å². The van der Waals surface area contributed by atoms with Crippen molar-refractivity contribution >= 4 is 17.7 Å². The molecule has 5 heteroatoms. The molecule has 1 aliphatic rings. The Kier molecular flexibility index (Phi) is 5.43. The topological polar surface area (TPSA) is 46.3 Å². The fourth-order valence-corrected chi connectivity index (χ4v) is 3.27. The minimum atomic E-state index is -0.233. The van der Waals surface area contributed by atoms with E-state index in [0.717, 1.165) is 24.4 Å². The first-order valence-electron chi connectivity index (χ1n) is 6.97. The van der Waals surface area contributed by atoms with Crippen LogP contribution in [0.1, 0.15) is 13.3 Å². The van der Waals surface area contributed by atoms with Crippen LogP contribution in [0.4, 0.5) is 4.39 Å². The smallest absolute Gasteiger partial charge is 0.226 e. The number of hydrogen-bond acceptors (Lipinski definition) is 3. The Labute approximate surface area is 123 Å². The van der Waals surface area contributed by atoms with Crippen LogP contribution in [0.15, 0.2) is 29.2 Å². The zero-order chi connectivity index (χ0) is 14.5. The van der Waals surface area contributed by atoms with Gasteiger partial charge in [0.15, 0.2) is 0 Å². The van der Waals surface area contributed by atoms with Crippen molar-refractivity contribution in [3.8, 4) is 0 Å². The monoisotopic (exact) mass is 296 g/mol. The van der Waals surface area contributed by atoms with Gasteiger partial charge >= 0.3 is 0 Å². The molecule has 110 valence electrons. The molecule has 1 amide bonds. The second-order valence-electron chi connectivity index (χ2n) is 5.34. The van der Waals surface area contributed by atoms with Crippen molar-refractivity contribution in [1.29, 1.82) is 0 Å². The molecule has 0 radical (unpaired) electrons. The molecule has 2 atom stereocenters. The lowest BCUT2D eigenvalue weighted by Crippen LogP contribution is -2.34. The van der Waals surface area contributed by atoms with E-state index < -0.39 is 0 Å². The summed E-state index contributed by atoms with van der Waals surface area (Å²) in [6.45, 7) is 4.23. The lowest BCUT2D eigenvalue weighted by molar-refractivity contribution is -0.133. The summed E-state index contributed by atoms with van der Waals surface area (Å²) in [6.07, 6.45) is 1.01. The highest BCUT2D eigenvalue weighted by atomic mass is 32.2. The molecular formula is C15H21FN2OS. The van der Waals surface area contributed by atoms with Crippen molar-refractivity contribution in [2.75, 3.05) is 25.4 Å². The fourth-order valence-electron chi connectivity index (χ4n) is 2.36. The molecule has 2 unspecified atom stereocenters. The first kappa shape index (κ1) is 15.3. The van der Waals surface area contributed by atoms with E-state index in [2.05, 4.69) is 0 Å². The van der Waals surface area contributed by atoms with Gasteiger partial charge in [0.2, 0.25) is 5.91 Å². The summed E-state index contributed by atoms with van der Waals surface area (Å²) in [5.74, 6) is 1.12. The molecule has 0 bridgehead atoms. The molecule has 1 aromatic rings. The summed E-state index contributed by atoms with van der Waals surface area (Å²) >= 11 is 1.59. The maximum absolute atomic E-state index is 12.8. The molecule has 2 rings (SSSR count). The van der Waals surface area contributed by atoms with Gasteiger partial charge in [-0.05, 0) is 43.1 Å². The molecule has 1 aliphatic heterocycles. The number of rotatable bonds is 5. The SMILES string of the molecule is CC(CSc1ccc(F)cc1)C(=O)N1CCC(CN)C1. The molecule has 1 aromatic carbocycles. The van der Waals surface area contributed by atoms with Crippen LogP contribution in [0.3, 0.4) is 0 Å². The van der Waals surface area contributed by atoms with E-state index in [1.807, 2.05) is 11.8 Å². The van der Waals surface area contributed by atoms with Crippen LogP contribution >= 0.6 is 11.8 Å². The second kappa shape index (κ2) is 7.09. The van der Waals surface area contributed by atoms with E-state index in [4.69, 9.17) is 5.73 Å². The summed E-state index contributed by atoms with van der Waals surface area (Å²) in [5.41, 5.74) is 5.65. The van der Waals surface area contributed by atoms with Crippen LogP contribution in [0.5, 0.6) is 0 Å². The van der Waals surface area contributed by atoms with Crippen molar-refractivity contribution in [2.24, 2.45) is 17.6 Å². The number of carbonyl (C=O) groups excluding carboxylic acids is 1. The Morgan fingerprint density at radius 1 is 1.50 bits per heavy atom. The quantitative estimate of drug-likeness (QED) is 0.849. The van der Waals surface area contributed by atoms with Crippen LogP contribution in [0.2, 0.25) is 0 Å². The van der Waals surface area contributed by atoms with Crippen LogP contribution < -0.4 is 5.73 Å². The van der Waals surface area contributed by atoms with Gasteiger partial charge in [-0.15, -0.1) is 11.8 Å². The number of amides is 1.